The number of nitrogens with zero attached hydrogens (tertiary/aromatic N) is 1. The van der Waals surface area contributed by atoms with Crippen molar-refractivity contribution in [1.82, 2.24) is 5.32 Å². The van der Waals surface area contributed by atoms with Crippen molar-refractivity contribution in [2.24, 2.45) is 0 Å². The second-order valence-corrected chi connectivity index (χ2v) is 25.6. The van der Waals surface area contributed by atoms with Crippen molar-refractivity contribution in [3.05, 3.63) is 36.5 Å². The summed E-state index contributed by atoms with van der Waals surface area (Å²) < 4.78 is 23.4. The van der Waals surface area contributed by atoms with Crippen LogP contribution >= 0.6 is 7.82 Å². The van der Waals surface area contributed by atoms with Gasteiger partial charge in [0.15, 0.2) is 0 Å². The predicted octanol–water partition coefficient (Wildman–Crippen LogP) is 20.3. The van der Waals surface area contributed by atoms with Gasteiger partial charge in [0.2, 0.25) is 5.91 Å². The van der Waals surface area contributed by atoms with Crippen LogP contribution < -0.4 is 10.2 Å². The topological polar surface area (TPSA) is 108 Å². The molecule has 0 heterocycles. The number of quaternary nitrogens is 1. The van der Waals surface area contributed by atoms with E-state index in [1.165, 1.54) is 270 Å². The Morgan fingerprint density at radius 1 is 0.461 bits per heavy atom. The van der Waals surface area contributed by atoms with Gasteiger partial charge in [-0.1, -0.05) is 314 Å². The van der Waals surface area contributed by atoms with Gasteiger partial charge in [-0.05, 0) is 51.4 Å². The Hall–Kier alpha value is -1.28. The van der Waals surface area contributed by atoms with Crippen LogP contribution in [0.2, 0.25) is 0 Å². The quantitative estimate of drug-likeness (QED) is 0.0272. The molecule has 8 nitrogen and oxygen atoms in total. The van der Waals surface area contributed by atoms with Crippen LogP contribution in [-0.2, 0) is 18.4 Å². The Balaban J connectivity index is 3.99. The molecule has 0 aliphatic heterocycles. The molecule has 3 atom stereocenters. The number of rotatable bonds is 62. The van der Waals surface area contributed by atoms with Crippen LogP contribution in [-0.4, -0.2) is 68.5 Å². The molecule has 0 aromatic heterocycles. The van der Waals surface area contributed by atoms with Gasteiger partial charge in [0.05, 0.1) is 39.9 Å². The molecule has 0 saturated carbocycles. The number of carbonyl (C=O) groups excluding carboxylic acids is 1. The zero-order chi connectivity index (χ0) is 55.6. The Kier molecular flexibility index (Phi) is 57.4. The highest BCUT2D eigenvalue weighted by molar-refractivity contribution is 7.45. The molecule has 0 spiro atoms. The molecule has 9 heteroatoms. The van der Waals surface area contributed by atoms with Crippen LogP contribution in [0, 0.1) is 0 Å². The van der Waals surface area contributed by atoms with Crippen molar-refractivity contribution in [1.29, 1.82) is 0 Å². The van der Waals surface area contributed by atoms with Crippen molar-refractivity contribution in [2.45, 2.75) is 347 Å². The number of carbonyl (C=O) groups is 1. The summed E-state index contributed by atoms with van der Waals surface area (Å²) in [6.07, 6.45) is 76.8. The van der Waals surface area contributed by atoms with Crippen LogP contribution in [0.5, 0.6) is 0 Å². The molecule has 3 unspecified atom stereocenters. The molecule has 76 heavy (non-hydrogen) atoms. The maximum atomic E-state index is 13.0. The van der Waals surface area contributed by atoms with Gasteiger partial charge in [-0.25, -0.2) is 0 Å². The van der Waals surface area contributed by atoms with E-state index in [2.05, 4.69) is 43.5 Å². The zero-order valence-corrected chi connectivity index (χ0v) is 52.4. The monoisotopic (exact) mass is 1090 g/mol. The van der Waals surface area contributed by atoms with E-state index < -0.39 is 20.0 Å². The van der Waals surface area contributed by atoms with Crippen LogP contribution in [0.1, 0.15) is 335 Å². The van der Waals surface area contributed by atoms with Crippen LogP contribution in [0.15, 0.2) is 36.5 Å². The minimum Gasteiger partial charge on any atom is -0.756 e. The summed E-state index contributed by atoms with van der Waals surface area (Å²) in [7, 11) is 1.28. The van der Waals surface area contributed by atoms with Gasteiger partial charge in [-0.3, -0.25) is 9.36 Å². The highest BCUT2D eigenvalue weighted by Crippen LogP contribution is 2.38. The number of unbranched alkanes of at least 4 members (excludes halogenated alkanes) is 45. The fraction of sp³-hybridized carbons (Fsp3) is 0.896. The van der Waals surface area contributed by atoms with Crippen molar-refractivity contribution in [3.63, 3.8) is 0 Å². The number of aliphatic hydroxyl groups excluding tert-OH is 1. The Morgan fingerprint density at radius 3 is 1.09 bits per heavy atom. The van der Waals surface area contributed by atoms with Gasteiger partial charge in [0.1, 0.15) is 13.2 Å². The van der Waals surface area contributed by atoms with Crippen molar-refractivity contribution in [3.8, 4) is 0 Å². The normalized spacial score (nSPS) is 13.9. The molecule has 2 N–H and O–H groups in total. The Bertz CT molecular complexity index is 1330. The van der Waals surface area contributed by atoms with Gasteiger partial charge < -0.3 is 28.8 Å². The first kappa shape index (κ1) is 74.7. The molecular formula is C67H131N2O6P. The number of nitrogens with one attached hydrogen (secondary N) is 1. The molecule has 0 radical (unpaired) electrons. The SMILES string of the molecule is CCCCCCC/C=C\C/C=C\CCCCCCCCCCCCCCCCCCCCCCCCCC(=O)NC(COP(=O)([O-])OCC[N+](C)(C)C)C(O)/C=C/CCCCCCCCCCCCCCCCCCC. The largest absolute Gasteiger partial charge is 0.756 e. The van der Waals surface area contributed by atoms with Crippen LogP contribution in [0.3, 0.4) is 0 Å². The standard InChI is InChI=1S/C67H131N2O6P/c1-6-8-10-12-14-16-18-20-22-24-26-27-28-29-30-31-32-33-34-35-36-37-38-39-40-41-43-45-47-49-51-53-55-57-59-61-67(71)68-65(64-75-76(72,73)74-63-62-69(3,4)5)66(70)60-58-56-54-52-50-48-46-44-42-25-23-21-19-17-15-13-11-9-7-2/h18,20,24,26,58,60,65-66,70H,6-17,19,21-23,25,27-57,59,61-64H2,1-5H3,(H-,68,71,72,73)/b20-18-,26-24-,60-58+. The number of phosphoric ester groups is 1. The van der Waals surface area contributed by atoms with Crippen LogP contribution in [0.4, 0.5) is 0 Å². The molecule has 0 aliphatic carbocycles. The molecule has 0 bridgehead atoms. The first-order chi connectivity index (χ1) is 37.0. The maximum absolute atomic E-state index is 13.0. The van der Waals surface area contributed by atoms with E-state index >= 15 is 0 Å². The van der Waals surface area contributed by atoms with E-state index in [1.807, 2.05) is 27.2 Å². The molecule has 0 rings (SSSR count). The molecule has 450 valence electrons. The third-order valence-electron chi connectivity index (χ3n) is 15.3. The summed E-state index contributed by atoms with van der Waals surface area (Å²) in [5, 5.41) is 13.9. The fourth-order valence-electron chi connectivity index (χ4n) is 10.1. The summed E-state index contributed by atoms with van der Waals surface area (Å²) in [5.74, 6) is -0.190. The lowest BCUT2D eigenvalue weighted by Gasteiger charge is -2.29. The number of phosphoric acid groups is 1. The van der Waals surface area contributed by atoms with E-state index in [0.717, 1.165) is 44.9 Å². The number of amides is 1. The van der Waals surface area contributed by atoms with Gasteiger partial charge in [0.25, 0.3) is 7.82 Å². The van der Waals surface area contributed by atoms with Crippen molar-refractivity contribution in [2.75, 3.05) is 40.9 Å². The highest BCUT2D eigenvalue weighted by Gasteiger charge is 2.23. The summed E-state index contributed by atoms with van der Waals surface area (Å²) in [6.45, 7) is 4.69. The van der Waals surface area contributed by atoms with E-state index in [-0.39, 0.29) is 19.1 Å². The second kappa shape index (κ2) is 58.4. The van der Waals surface area contributed by atoms with Gasteiger partial charge in [-0.15, -0.1) is 0 Å². The first-order valence-corrected chi connectivity index (χ1v) is 34.8. The maximum Gasteiger partial charge on any atom is 0.268 e. The zero-order valence-electron chi connectivity index (χ0n) is 51.5. The average molecular weight is 1090 g/mol. The highest BCUT2D eigenvalue weighted by atomic mass is 31.2. The Morgan fingerprint density at radius 2 is 0.763 bits per heavy atom. The molecule has 0 saturated heterocycles. The predicted molar refractivity (Wildman–Crippen MR) is 330 cm³/mol. The number of hydrogen-bond donors (Lipinski definition) is 2. The number of likely N-dealkylation sites (N-methyl/N-ethyl adjacent to an activating group) is 1. The van der Waals surface area contributed by atoms with Crippen LogP contribution in [0.25, 0.3) is 0 Å². The van der Waals surface area contributed by atoms with E-state index in [4.69, 9.17) is 9.05 Å². The molecule has 0 aromatic carbocycles. The molecule has 0 fully saturated rings. The molecule has 1 amide bonds. The summed E-state index contributed by atoms with van der Waals surface area (Å²) >= 11 is 0. The number of aliphatic hydroxyl groups is 1. The lowest BCUT2D eigenvalue weighted by Crippen LogP contribution is -2.45. The minimum atomic E-state index is -4.60. The van der Waals surface area contributed by atoms with Gasteiger partial charge in [-0.2, -0.15) is 0 Å². The lowest BCUT2D eigenvalue weighted by atomic mass is 10.0. The number of hydrogen-bond acceptors (Lipinski definition) is 6. The van der Waals surface area contributed by atoms with Crippen molar-refractivity contribution < 1.29 is 32.9 Å². The first-order valence-electron chi connectivity index (χ1n) is 33.4. The van der Waals surface area contributed by atoms with E-state index in [9.17, 15) is 19.4 Å². The number of allylic oxidation sites excluding steroid dienone is 5. The minimum absolute atomic E-state index is 0.00129. The third-order valence-corrected chi connectivity index (χ3v) is 16.3. The lowest BCUT2D eigenvalue weighted by molar-refractivity contribution is -0.870. The Labute approximate surface area is 474 Å². The fourth-order valence-corrected chi connectivity index (χ4v) is 10.9. The smallest absolute Gasteiger partial charge is 0.268 e. The van der Waals surface area contributed by atoms with E-state index in [1.54, 1.807) is 6.08 Å². The third kappa shape index (κ3) is 60.4. The molecular weight excluding hydrogens is 960 g/mol. The summed E-state index contributed by atoms with van der Waals surface area (Å²) in [5.41, 5.74) is 0. The van der Waals surface area contributed by atoms with E-state index in [0.29, 0.717) is 17.4 Å². The van der Waals surface area contributed by atoms with Gasteiger partial charge in [0, 0.05) is 6.42 Å². The van der Waals surface area contributed by atoms with Crippen molar-refractivity contribution >= 4 is 13.7 Å². The molecule has 0 aromatic rings. The summed E-state index contributed by atoms with van der Waals surface area (Å²) in [6, 6.07) is -0.885. The summed E-state index contributed by atoms with van der Waals surface area (Å²) in [4.78, 5) is 25.6. The molecule has 0 aliphatic rings. The second-order valence-electron chi connectivity index (χ2n) is 24.2. The van der Waals surface area contributed by atoms with Gasteiger partial charge >= 0.3 is 0 Å². The average Bonchev–Trinajstić information content (AvgIpc) is 3.38.